The summed E-state index contributed by atoms with van der Waals surface area (Å²) in [5, 5.41) is 4.52. The molecule has 0 unspecified atom stereocenters. The largest absolute Gasteiger partial charge is 0.496 e. The van der Waals surface area contributed by atoms with E-state index in [1.165, 1.54) is 25.8 Å². The number of carbonyl (C=O) groups is 4. The van der Waals surface area contributed by atoms with Gasteiger partial charge in [0.15, 0.2) is 6.10 Å². The van der Waals surface area contributed by atoms with Gasteiger partial charge in [-0.3, -0.25) is 14.9 Å². The van der Waals surface area contributed by atoms with Crippen LogP contribution in [0, 0.1) is 0 Å². The molecule has 0 saturated carbocycles. The Labute approximate surface area is 167 Å². The molecule has 10 heteroatoms. The topological polar surface area (TPSA) is 120 Å². The molecule has 0 aliphatic rings. The van der Waals surface area contributed by atoms with Gasteiger partial charge in [0.1, 0.15) is 11.8 Å². The van der Waals surface area contributed by atoms with Crippen molar-refractivity contribution < 1.29 is 33.4 Å². The Morgan fingerprint density at radius 1 is 1.14 bits per heavy atom. The summed E-state index contributed by atoms with van der Waals surface area (Å²) >= 11 is 1.49. The number of esters is 1. The monoisotopic (exact) mass is 412 g/mol. The van der Waals surface area contributed by atoms with Gasteiger partial charge in [0.05, 0.1) is 19.8 Å². The molecule has 28 heavy (non-hydrogen) atoms. The molecule has 0 fully saturated rings. The van der Waals surface area contributed by atoms with E-state index in [9.17, 15) is 19.2 Å². The Morgan fingerprint density at radius 3 is 2.43 bits per heavy atom. The van der Waals surface area contributed by atoms with Gasteiger partial charge in [-0.05, 0) is 37.5 Å². The number of hydrogen-bond acceptors (Lipinski definition) is 8. The fourth-order valence-electron chi connectivity index (χ4n) is 2.12. The predicted octanol–water partition coefficient (Wildman–Crippen LogP) is 1.36. The van der Waals surface area contributed by atoms with Crippen LogP contribution in [0.15, 0.2) is 24.3 Å². The van der Waals surface area contributed by atoms with Crippen molar-refractivity contribution in [2.45, 2.75) is 25.5 Å². The fourth-order valence-corrected chi connectivity index (χ4v) is 2.59. The van der Waals surface area contributed by atoms with Crippen LogP contribution in [0.2, 0.25) is 0 Å². The summed E-state index contributed by atoms with van der Waals surface area (Å²) in [6.45, 7) is 1.31. The second kappa shape index (κ2) is 11.9. The van der Waals surface area contributed by atoms with Gasteiger partial charge in [-0.2, -0.15) is 11.8 Å². The van der Waals surface area contributed by atoms with Crippen LogP contribution in [0.4, 0.5) is 4.79 Å². The molecule has 0 aromatic heterocycles. The SMILES string of the molecule is COC(=O)NC(=O)[C@H](C)OC(=O)[C@@H](CCSC)NC(=O)c1ccccc1OC. The Balaban J connectivity index is 2.83. The van der Waals surface area contributed by atoms with E-state index in [1.807, 2.05) is 11.6 Å². The molecule has 154 valence electrons. The van der Waals surface area contributed by atoms with Crippen LogP contribution in [-0.2, 0) is 19.1 Å². The number of para-hydroxylation sites is 1. The highest BCUT2D eigenvalue weighted by molar-refractivity contribution is 7.98. The molecule has 2 atom stereocenters. The molecule has 0 radical (unpaired) electrons. The molecular weight excluding hydrogens is 388 g/mol. The molecule has 1 aromatic rings. The first kappa shape index (κ1) is 23.3. The van der Waals surface area contributed by atoms with Crippen LogP contribution in [0.5, 0.6) is 5.75 Å². The molecule has 0 aliphatic heterocycles. The third kappa shape index (κ3) is 7.10. The second-order valence-corrected chi connectivity index (χ2v) is 6.55. The van der Waals surface area contributed by atoms with Crippen LogP contribution in [0.1, 0.15) is 23.7 Å². The molecule has 0 bridgehead atoms. The Kier molecular flexibility index (Phi) is 9.86. The van der Waals surface area contributed by atoms with Crippen LogP contribution >= 0.6 is 11.8 Å². The van der Waals surface area contributed by atoms with Gasteiger partial charge in [-0.1, -0.05) is 12.1 Å². The first-order valence-electron chi connectivity index (χ1n) is 8.36. The lowest BCUT2D eigenvalue weighted by atomic mass is 10.1. The van der Waals surface area contributed by atoms with Gasteiger partial charge in [0.25, 0.3) is 11.8 Å². The van der Waals surface area contributed by atoms with E-state index in [2.05, 4.69) is 10.1 Å². The molecule has 2 N–H and O–H groups in total. The second-order valence-electron chi connectivity index (χ2n) is 5.57. The van der Waals surface area contributed by atoms with Crippen molar-refractivity contribution in [1.29, 1.82) is 0 Å². The number of amides is 3. The summed E-state index contributed by atoms with van der Waals surface area (Å²) in [5.41, 5.74) is 0.267. The number of carbonyl (C=O) groups excluding carboxylic acids is 4. The molecule has 0 saturated heterocycles. The third-order valence-electron chi connectivity index (χ3n) is 3.62. The average molecular weight is 412 g/mol. The zero-order valence-electron chi connectivity index (χ0n) is 16.1. The van der Waals surface area contributed by atoms with E-state index in [0.29, 0.717) is 17.9 Å². The molecular formula is C18H24N2O7S. The first-order valence-corrected chi connectivity index (χ1v) is 9.75. The summed E-state index contributed by atoms with van der Waals surface area (Å²) < 4.78 is 14.6. The van der Waals surface area contributed by atoms with Crippen LogP contribution in [0.25, 0.3) is 0 Å². The summed E-state index contributed by atoms with van der Waals surface area (Å²) in [6.07, 6.45) is -0.0498. The smallest absolute Gasteiger partial charge is 0.413 e. The van der Waals surface area contributed by atoms with E-state index >= 15 is 0 Å². The van der Waals surface area contributed by atoms with Gasteiger partial charge in [-0.25, -0.2) is 9.59 Å². The predicted molar refractivity (Wildman–Crippen MR) is 103 cm³/mol. The van der Waals surface area contributed by atoms with Crippen molar-refractivity contribution in [2.75, 3.05) is 26.2 Å². The molecule has 0 aliphatic carbocycles. The normalized spacial score (nSPS) is 12.3. The number of methoxy groups -OCH3 is 2. The standard InChI is InChI=1S/C18H24N2O7S/c1-11(15(21)20-18(24)26-3)27-17(23)13(9-10-28-4)19-16(22)12-7-5-6-8-14(12)25-2/h5-8,11,13H,9-10H2,1-4H3,(H,19,22)(H,20,21,24)/t11-,13+/m0/s1. The zero-order valence-corrected chi connectivity index (χ0v) is 17.0. The number of ether oxygens (including phenoxy) is 3. The van der Waals surface area contributed by atoms with E-state index in [-0.39, 0.29) is 5.56 Å². The minimum atomic E-state index is -1.24. The number of nitrogens with one attached hydrogen (secondary N) is 2. The van der Waals surface area contributed by atoms with Crippen LogP contribution < -0.4 is 15.4 Å². The Bertz CT molecular complexity index is 711. The minimum Gasteiger partial charge on any atom is -0.496 e. The summed E-state index contributed by atoms with van der Waals surface area (Å²) in [5.74, 6) is -1.19. The van der Waals surface area contributed by atoms with Gasteiger partial charge in [0, 0.05) is 0 Å². The lowest BCUT2D eigenvalue weighted by Gasteiger charge is -2.20. The minimum absolute atomic E-state index is 0.267. The summed E-state index contributed by atoms with van der Waals surface area (Å²) in [7, 11) is 2.54. The zero-order chi connectivity index (χ0) is 21.1. The number of imide groups is 1. The number of rotatable bonds is 9. The Hall–Kier alpha value is -2.75. The summed E-state index contributed by atoms with van der Waals surface area (Å²) in [6, 6.07) is 5.61. The van der Waals surface area contributed by atoms with Gasteiger partial charge < -0.3 is 19.5 Å². The highest BCUT2D eigenvalue weighted by Crippen LogP contribution is 2.17. The van der Waals surface area contributed by atoms with Crippen molar-refractivity contribution in [1.82, 2.24) is 10.6 Å². The van der Waals surface area contributed by atoms with Gasteiger partial charge >= 0.3 is 12.1 Å². The molecule has 1 rings (SSSR count). The lowest BCUT2D eigenvalue weighted by molar-refractivity contribution is -0.156. The van der Waals surface area contributed by atoms with Crippen molar-refractivity contribution in [3.63, 3.8) is 0 Å². The number of benzene rings is 1. The Morgan fingerprint density at radius 2 is 1.82 bits per heavy atom. The molecule has 9 nitrogen and oxygen atoms in total. The van der Waals surface area contributed by atoms with E-state index < -0.39 is 36.0 Å². The quantitative estimate of drug-likeness (QED) is 0.584. The van der Waals surface area contributed by atoms with Gasteiger partial charge in [0.2, 0.25) is 0 Å². The maximum absolute atomic E-state index is 12.6. The molecule has 3 amide bonds. The molecule has 0 spiro atoms. The number of thioether (sulfide) groups is 1. The van der Waals surface area contributed by atoms with Crippen molar-refractivity contribution in [3.8, 4) is 5.75 Å². The number of hydrogen-bond donors (Lipinski definition) is 2. The van der Waals surface area contributed by atoms with E-state index in [0.717, 1.165) is 7.11 Å². The van der Waals surface area contributed by atoms with E-state index in [4.69, 9.17) is 9.47 Å². The fraction of sp³-hybridized carbons (Fsp3) is 0.444. The highest BCUT2D eigenvalue weighted by atomic mass is 32.2. The third-order valence-corrected chi connectivity index (χ3v) is 4.27. The maximum atomic E-state index is 12.6. The number of alkyl carbamates (subject to hydrolysis) is 1. The van der Waals surface area contributed by atoms with Gasteiger partial charge in [-0.15, -0.1) is 0 Å². The highest BCUT2D eigenvalue weighted by Gasteiger charge is 2.28. The first-order chi connectivity index (χ1) is 13.3. The van der Waals surface area contributed by atoms with Crippen molar-refractivity contribution in [3.05, 3.63) is 29.8 Å². The maximum Gasteiger partial charge on any atom is 0.413 e. The lowest BCUT2D eigenvalue weighted by Crippen LogP contribution is -2.46. The summed E-state index contributed by atoms with van der Waals surface area (Å²) in [4.78, 5) is 47.9. The van der Waals surface area contributed by atoms with Crippen LogP contribution in [0.3, 0.4) is 0 Å². The van der Waals surface area contributed by atoms with Crippen molar-refractivity contribution >= 4 is 35.6 Å². The van der Waals surface area contributed by atoms with E-state index in [1.54, 1.807) is 24.3 Å². The average Bonchev–Trinajstić information content (AvgIpc) is 2.70. The van der Waals surface area contributed by atoms with Crippen LogP contribution in [-0.4, -0.2) is 62.3 Å². The molecule has 1 aromatic carbocycles. The molecule has 0 heterocycles. The van der Waals surface area contributed by atoms with Crippen molar-refractivity contribution in [2.24, 2.45) is 0 Å².